The zero-order valence-corrected chi connectivity index (χ0v) is 15.3. The van der Waals surface area contributed by atoms with Gasteiger partial charge in [-0.3, -0.25) is 0 Å². The van der Waals surface area contributed by atoms with Gasteiger partial charge in [0.15, 0.2) is 5.58 Å². The summed E-state index contributed by atoms with van der Waals surface area (Å²) in [7, 11) is 0. The smallest absolute Gasteiger partial charge is 0.436 e. The van der Waals surface area contributed by atoms with Gasteiger partial charge in [-0.1, -0.05) is 35.9 Å². The molecule has 0 bridgehead atoms. The Kier molecular flexibility index (Phi) is 4.47. The van der Waals surface area contributed by atoms with Crippen LogP contribution in [0.3, 0.4) is 0 Å². The van der Waals surface area contributed by atoms with Gasteiger partial charge in [-0.05, 0) is 29.8 Å². The number of rotatable bonds is 2. The number of fused-ring (bicyclic) bond motifs is 1. The molecule has 9 heteroatoms. The number of para-hydroxylation sites is 2. The Morgan fingerprint density at radius 3 is 2.55 bits per heavy atom. The first-order valence-corrected chi connectivity index (χ1v) is 8.67. The Labute approximate surface area is 167 Å². The molecular formula is C20H11ClF3N3O2. The van der Waals surface area contributed by atoms with Crippen molar-refractivity contribution in [2.45, 2.75) is 12.1 Å². The normalized spacial score (nSPS) is 17.4. The fourth-order valence-corrected chi connectivity index (χ4v) is 3.39. The fourth-order valence-electron chi connectivity index (χ4n) is 3.20. The van der Waals surface area contributed by atoms with Crippen molar-refractivity contribution in [3.8, 4) is 6.07 Å². The second-order valence-corrected chi connectivity index (χ2v) is 6.64. The van der Waals surface area contributed by atoms with Crippen molar-refractivity contribution in [1.82, 2.24) is 4.98 Å². The summed E-state index contributed by atoms with van der Waals surface area (Å²) >= 11 is 6.04. The molecule has 4 rings (SSSR count). The Bertz CT molecular complexity index is 1190. The van der Waals surface area contributed by atoms with E-state index < -0.39 is 29.3 Å². The van der Waals surface area contributed by atoms with Gasteiger partial charge in [0.2, 0.25) is 17.5 Å². The Hall–Kier alpha value is -3.44. The number of oxazole rings is 1. The quantitative estimate of drug-likeness (QED) is 0.614. The molecule has 1 aliphatic rings. The van der Waals surface area contributed by atoms with Crippen molar-refractivity contribution in [1.29, 1.82) is 5.26 Å². The molecule has 2 N–H and O–H groups in total. The van der Waals surface area contributed by atoms with Crippen molar-refractivity contribution in [3.63, 3.8) is 0 Å². The number of alkyl halides is 3. The topological polar surface area (TPSA) is 85.1 Å². The first-order valence-electron chi connectivity index (χ1n) is 8.30. The summed E-state index contributed by atoms with van der Waals surface area (Å²) in [6.07, 6.45) is -4.90. The van der Waals surface area contributed by atoms with Crippen molar-refractivity contribution in [2.75, 3.05) is 0 Å². The number of benzene rings is 2. The summed E-state index contributed by atoms with van der Waals surface area (Å²) in [6.45, 7) is 0. The van der Waals surface area contributed by atoms with Gasteiger partial charge < -0.3 is 14.9 Å². The van der Waals surface area contributed by atoms with E-state index in [2.05, 4.69) is 4.98 Å². The minimum Gasteiger partial charge on any atom is -0.436 e. The lowest BCUT2D eigenvalue weighted by Crippen LogP contribution is -2.27. The first kappa shape index (κ1) is 18.9. The average Bonchev–Trinajstić information content (AvgIpc) is 3.10. The zero-order chi connectivity index (χ0) is 20.8. The molecule has 1 unspecified atom stereocenters. The molecule has 29 heavy (non-hydrogen) atoms. The predicted molar refractivity (Wildman–Crippen MR) is 99.1 cm³/mol. The molecule has 2 aromatic carbocycles. The summed E-state index contributed by atoms with van der Waals surface area (Å²) in [5, 5.41) is 9.89. The number of nitrogens with zero attached hydrogens (tertiary/aromatic N) is 2. The standard InChI is InChI=1S/C20H11ClF3N3O2/c21-11-5-3-4-10(8-11)15-12(9-25)18(26)29-17(20(22,23)24)16(15)19-27-13-6-1-2-7-14(13)28-19/h1-8,15H,26H2. The van der Waals surface area contributed by atoms with E-state index in [1.807, 2.05) is 6.07 Å². The highest BCUT2D eigenvalue weighted by Crippen LogP contribution is 2.48. The van der Waals surface area contributed by atoms with Crippen molar-refractivity contribution >= 4 is 28.3 Å². The van der Waals surface area contributed by atoms with Crippen molar-refractivity contribution < 1.29 is 22.3 Å². The highest BCUT2D eigenvalue weighted by molar-refractivity contribution is 6.30. The van der Waals surface area contributed by atoms with E-state index in [-0.39, 0.29) is 16.5 Å². The van der Waals surface area contributed by atoms with Gasteiger partial charge in [0.1, 0.15) is 17.2 Å². The predicted octanol–water partition coefficient (Wildman–Crippen LogP) is 5.26. The highest BCUT2D eigenvalue weighted by Gasteiger charge is 2.47. The van der Waals surface area contributed by atoms with Gasteiger partial charge in [-0.25, -0.2) is 4.98 Å². The summed E-state index contributed by atoms with van der Waals surface area (Å²) in [6, 6.07) is 14.5. The molecule has 2 heterocycles. The number of aromatic nitrogens is 1. The molecule has 0 spiro atoms. The number of nitriles is 1. The molecule has 3 aromatic rings. The van der Waals surface area contributed by atoms with Gasteiger partial charge in [-0.2, -0.15) is 18.4 Å². The van der Waals surface area contributed by atoms with Gasteiger partial charge in [0, 0.05) is 5.02 Å². The third kappa shape index (κ3) is 3.30. The lowest BCUT2D eigenvalue weighted by atomic mass is 9.82. The molecule has 0 aliphatic carbocycles. The van der Waals surface area contributed by atoms with Crippen LogP contribution in [-0.4, -0.2) is 11.2 Å². The molecule has 0 saturated heterocycles. The number of hydrogen-bond acceptors (Lipinski definition) is 5. The van der Waals surface area contributed by atoms with Crippen LogP contribution in [0.25, 0.3) is 16.7 Å². The fraction of sp³-hybridized carbons (Fsp3) is 0.100. The second kappa shape index (κ2) is 6.87. The number of halogens is 4. The van der Waals surface area contributed by atoms with E-state index in [4.69, 9.17) is 26.5 Å². The van der Waals surface area contributed by atoms with E-state index in [0.717, 1.165) is 0 Å². The molecule has 0 saturated carbocycles. The second-order valence-electron chi connectivity index (χ2n) is 6.21. The Morgan fingerprint density at radius 1 is 1.14 bits per heavy atom. The maximum absolute atomic E-state index is 13.9. The Morgan fingerprint density at radius 2 is 1.90 bits per heavy atom. The van der Waals surface area contributed by atoms with Crippen LogP contribution < -0.4 is 5.73 Å². The molecule has 0 fully saturated rings. The van der Waals surface area contributed by atoms with E-state index in [1.165, 1.54) is 6.07 Å². The average molecular weight is 418 g/mol. The molecule has 0 amide bonds. The summed E-state index contributed by atoms with van der Waals surface area (Å²) in [4.78, 5) is 4.18. The molecular weight excluding hydrogens is 407 g/mol. The molecule has 5 nitrogen and oxygen atoms in total. The van der Waals surface area contributed by atoms with Gasteiger partial charge in [0.25, 0.3) is 0 Å². The van der Waals surface area contributed by atoms with Crippen LogP contribution in [0.15, 0.2) is 70.2 Å². The maximum Gasteiger partial charge on any atom is 0.450 e. The highest BCUT2D eigenvalue weighted by atomic mass is 35.5. The largest absolute Gasteiger partial charge is 0.450 e. The molecule has 1 aromatic heterocycles. The Balaban J connectivity index is 2.04. The van der Waals surface area contributed by atoms with Crippen LogP contribution in [0, 0.1) is 11.3 Å². The minimum atomic E-state index is -4.90. The summed E-state index contributed by atoms with van der Waals surface area (Å²) in [5.74, 6) is -3.56. The van der Waals surface area contributed by atoms with Gasteiger partial charge in [0.05, 0.1) is 11.5 Å². The maximum atomic E-state index is 13.9. The van der Waals surface area contributed by atoms with Crippen LogP contribution in [0.4, 0.5) is 13.2 Å². The van der Waals surface area contributed by atoms with Crippen LogP contribution >= 0.6 is 11.6 Å². The lowest BCUT2D eigenvalue weighted by molar-refractivity contribution is -0.124. The van der Waals surface area contributed by atoms with E-state index in [1.54, 1.807) is 42.5 Å². The van der Waals surface area contributed by atoms with Gasteiger partial charge in [-0.15, -0.1) is 0 Å². The molecule has 1 atom stereocenters. The summed E-state index contributed by atoms with van der Waals surface area (Å²) < 4.78 is 52.0. The van der Waals surface area contributed by atoms with E-state index in [9.17, 15) is 18.4 Å². The number of hydrogen-bond donors (Lipinski definition) is 1. The molecule has 1 aliphatic heterocycles. The van der Waals surface area contributed by atoms with Crippen molar-refractivity contribution in [3.05, 3.63) is 82.2 Å². The summed E-state index contributed by atoms with van der Waals surface area (Å²) in [5.41, 5.74) is 6.01. The van der Waals surface area contributed by atoms with Crippen LogP contribution in [0.1, 0.15) is 17.4 Å². The van der Waals surface area contributed by atoms with Crippen LogP contribution in [-0.2, 0) is 4.74 Å². The first-order chi connectivity index (χ1) is 13.8. The SMILES string of the molecule is N#CC1=C(N)OC(C(F)(F)F)=C(c2nc3ccccc3o2)C1c1cccc(Cl)c1. The monoisotopic (exact) mass is 417 g/mol. The van der Waals surface area contributed by atoms with Crippen LogP contribution in [0.2, 0.25) is 5.02 Å². The van der Waals surface area contributed by atoms with Gasteiger partial charge >= 0.3 is 6.18 Å². The lowest BCUT2D eigenvalue weighted by Gasteiger charge is -2.28. The number of allylic oxidation sites excluding steroid dienone is 3. The third-order valence-corrected chi connectivity index (χ3v) is 4.62. The number of nitrogens with two attached hydrogens (primary N) is 1. The van der Waals surface area contributed by atoms with E-state index >= 15 is 0 Å². The van der Waals surface area contributed by atoms with Crippen molar-refractivity contribution in [2.24, 2.45) is 5.73 Å². The minimum absolute atomic E-state index is 0.197. The zero-order valence-electron chi connectivity index (χ0n) is 14.5. The molecule has 146 valence electrons. The third-order valence-electron chi connectivity index (χ3n) is 4.38. The van der Waals surface area contributed by atoms with Crippen LogP contribution in [0.5, 0.6) is 0 Å². The molecule has 0 radical (unpaired) electrons. The van der Waals surface area contributed by atoms with E-state index in [0.29, 0.717) is 16.7 Å². The number of ether oxygens (including phenoxy) is 1.